The molecule has 112 valence electrons. The highest BCUT2D eigenvalue weighted by Crippen LogP contribution is 2.13. The Bertz CT molecular complexity index is 430. The SMILES string of the molecule is Cc1ccc(NC(=O)C[NH2+]CCCOC(C)C)cc1C. The van der Waals surface area contributed by atoms with Gasteiger partial charge in [-0.1, -0.05) is 6.07 Å². The van der Waals surface area contributed by atoms with E-state index in [2.05, 4.69) is 12.2 Å². The predicted molar refractivity (Wildman–Crippen MR) is 81.9 cm³/mol. The zero-order chi connectivity index (χ0) is 15.0. The second kappa shape index (κ2) is 8.72. The quantitative estimate of drug-likeness (QED) is 0.711. The fourth-order valence-corrected chi connectivity index (χ4v) is 1.81. The van der Waals surface area contributed by atoms with Crippen LogP contribution in [0.4, 0.5) is 5.69 Å². The number of amides is 1. The van der Waals surface area contributed by atoms with E-state index >= 15 is 0 Å². The van der Waals surface area contributed by atoms with Gasteiger partial charge in [0.15, 0.2) is 6.54 Å². The van der Waals surface area contributed by atoms with Crippen molar-refractivity contribution >= 4 is 11.6 Å². The molecule has 20 heavy (non-hydrogen) atoms. The number of quaternary nitrogens is 1. The molecule has 0 saturated heterocycles. The molecule has 0 aromatic heterocycles. The Morgan fingerprint density at radius 3 is 2.70 bits per heavy atom. The number of ether oxygens (including phenoxy) is 1. The summed E-state index contributed by atoms with van der Waals surface area (Å²) in [7, 11) is 0. The predicted octanol–water partition coefficient (Wildman–Crippen LogP) is 1.62. The molecule has 0 saturated carbocycles. The van der Waals surface area contributed by atoms with E-state index in [4.69, 9.17) is 4.74 Å². The molecule has 0 heterocycles. The minimum absolute atomic E-state index is 0.0398. The Kier molecular flexibility index (Phi) is 7.26. The minimum atomic E-state index is 0.0398. The molecule has 0 radical (unpaired) electrons. The van der Waals surface area contributed by atoms with Crippen LogP contribution in [-0.4, -0.2) is 31.7 Å². The highest BCUT2D eigenvalue weighted by molar-refractivity contribution is 5.91. The van der Waals surface area contributed by atoms with Crippen molar-refractivity contribution in [3.8, 4) is 0 Å². The lowest BCUT2D eigenvalue weighted by atomic mass is 10.1. The summed E-state index contributed by atoms with van der Waals surface area (Å²) in [5.41, 5.74) is 3.30. The number of aryl methyl sites for hydroxylation is 2. The van der Waals surface area contributed by atoms with Gasteiger partial charge in [0.2, 0.25) is 0 Å². The third kappa shape index (κ3) is 6.68. The number of hydrogen-bond acceptors (Lipinski definition) is 2. The first-order valence-electron chi connectivity index (χ1n) is 7.29. The number of hydrogen-bond donors (Lipinski definition) is 2. The number of carbonyl (C=O) groups excluding carboxylic acids is 1. The molecule has 1 aromatic rings. The number of anilines is 1. The van der Waals surface area contributed by atoms with E-state index in [1.807, 2.05) is 44.3 Å². The van der Waals surface area contributed by atoms with Crippen molar-refractivity contribution < 1.29 is 14.8 Å². The molecule has 0 aliphatic heterocycles. The number of rotatable bonds is 8. The molecular formula is C16H27N2O2+. The first-order chi connectivity index (χ1) is 9.49. The standard InChI is InChI=1S/C16H26N2O2/c1-12(2)20-9-5-8-17-11-16(19)18-15-7-6-13(3)14(4)10-15/h6-7,10,12,17H,5,8-9,11H2,1-4H3,(H,18,19)/p+1. The van der Waals surface area contributed by atoms with Gasteiger partial charge in [-0.05, 0) is 51.0 Å². The Labute approximate surface area is 121 Å². The third-order valence-corrected chi connectivity index (χ3v) is 3.12. The summed E-state index contributed by atoms with van der Waals surface area (Å²) < 4.78 is 5.45. The van der Waals surface area contributed by atoms with Crippen LogP contribution in [0, 0.1) is 13.8 Å². The highest BCUT2D eigenvalue weighted by Gasteiger charge is 2.05. The van der Waals surface area contributed by atoms with Crippen LogP contribution in [0.2, 0.25) is 0 Å². The van der Waals surface area contributed by atoms with Crippen LogP contribution in [0.15, 0.2) is 18.2 Å². The van der Waals surface area contributed by atoms with E-state index < -0.39 is 0 Å². The molecule has 3 N–H and O–H groups in total. The lowest BCUT2D eigenvalue weighted by molar-refractivity contribution is -0.644. The number of nitrogens with one attached hydrogen (secondary N) is 1. The first-order valence-corrected chi connectivity index (χ1v) is 7.29. The zero-order valence-corrected chi connectivity index (χ0v) is 13.0. The van der Waals surface area contributed by atoms with Crippen LogP contribution in [0.3, 0.4) is 0 Å². The molecule has 0 atom stereocenters. The maximum atomic E-state index is 11.8. The summed E-state index contributed by atoms with van der Waals surface area (Å²) in [5, 5.41) is 4.93. The molecule has 0 unspecified atom stereocenters. The van der Waals surface area contributed by atoms with Crippen molar-refractivity contribution in [1.29, 1.82) is 0 Å². The van der Waals surface area contributed by atoms with Crippen molar-refractivity contribution in [2.24, 2.45) is 0 Å². The van der Waals surface area contributed by atoms with Gasteiger partial charge < -0.3 is 15.4 Å². The first kappa shape index (κ1) is 16.7. The van der Waals surface area contributed by atoms with E-state index in [-0.39, 0.29) is 12.0 Å². The third-order valence-electron chi connectivity index (χ3n) is 3.12. The lowest BCUT2D eigenvalue weighted by Gasteiger charge is -2.08. The smallest absolute Gasteiger partial charge is 0.279 e. The molecule has 0 spiro atoms. The fourth-order valence-electron chi connectivity index (χ4n) is 1.81. The number of carbonyl (C=O) groups is 1. The van der Waals surface area contributed by atoms with Crippen molar-refractivity contribution in [3.05, 3.63) is 29.3 Å². The van der Waals surface area contributed by atoms with E-state index in [1.165, 1.54) is 11.1 Å². The Morgan fingerprint density at radius 2 is 2.05 bits per heavy atom. The van der Waals surface area contributed by atoms with Gasteiger partial charge in [-0.25, -0.2) is 0 Å². The molecule has 0 fully saturated rings. The zero-order valence-electron chi connectivity index (χ0n) is 13.0. The molecule has 1 aromatic carbocycles. The summed E-state index contributed by atoms with van der Waals surface area (Å²) in [5.74, 6) is 0.0398. The maximum Gasteiger partial charge on any atom is 0.279 e. The van der Waals surface area contributed by atoms with Crippen LogP contribution in [0.5, 0.6) is 0 Å². The van der Waals surface area contributed by atoms with E-state index in [0.29, 0.717) is 6.54 Å². The van der Waals surface area contributed by atoms with Crippen LogP contribution in [0.1, 0.15) is 31.4 Å². The summed E-state index contributed by atoms with van der Waals surface area (Å²) in [4.78, 5) is 11.8. The van der Waals surface area contributed by atoms with Crippen LogP contribution in [-0.2, 0) is 9.53 Å². The van der Waals surface area contributed by atoms with Crippen LogP contribution in [0.25, 0.3) is 0 Å². The van der Waals surface area contributed by atoms with Crippen LogP contribution >= 0.6 is 0 Å². The van der Waals surface area contributed by atoms with Crippen LogP contribution < -0.4 is 10.6 Å². The number of benzene rings is 1. The Balaban J connectivity index is 2.18. The molecular weight excluding hydrogens is 252 g/mol. The normalized spacial score (nSPS) is 10.8. The molecule has 1 amide bonds. The maximum absolute atomic E-state index is 11.8. The summed E-state index contributed by atoms with van der Waals surface area (Å²) in [6, 6.07) is 5.97. The molecule has 0 bridgehead atoms. The van der Waals surface area contributed by atoms with Gasteiger partial charge >= 0.3 is 0 Å². The second-order valence-electron chi connectivity index (χ2n) is 5.40. The molecule has 4 heteroatoms. The summed E-state index contributed by atoms with van der Waals surface area (Å²) >= 11 is 0. The van der Waals surface area contributed by atoms with Gasteiger partial charge in [0.25, 0.3) is 5.91 Å². The molecule has 4 nitrogen and oxygen atoms in total. The summed E-state index contributed by atoms with van der Waals surface area (Å²) in [6.07, 6.45) is 1.25. The lowest BCUT2D eigenvalue weighted by Crippen LogP contribution is -2.86. The Morgan fingerprint density at radius 1 is 1.30 bits per heavy atom. The molecule has 1 rings (SSSR count). The van der Waals surface area contributed by atoms with Gasteiger partial charge in [0.05, 0.1) is 19.3 Å². The van der Waals surface area contributed by atoms with Crippen molar-refractivity contribution in [1.82, 2.24) is 0 Å². The van der Waals surface area contributed by atoms with Gasteiger partial charge in [-0.15, -0.1) is 0 Å². The van der Waals surface area contributed by atoms with Crippen molar-refractivity contribution in [3.63, 3.8) is 0 Å². The largest absolute Gasteiger partial charge is 0.379 e. The van der Waals surface area contributed by atoms with Crippen molar-refractivity contribution in [2.45, 2.75) is 40.2 Å². The Hall–Kier alpha value is -1.39. The van der Waals surface area contributed by atoms with E-state index in [9.17, 15) is 4.79 Å². The monoisotopic (exact) mass is 279 g/mol. The highest BCUT2D eigenvalue weighted by atomic mass is 16.5. The average Bonchev–Trinajstić information content (AvgIpc) is 2.38. The van der Waals surface area contributed by atoms with Gasteiger partial charge in [-0.3, -0.25) is 4.79 Å². The second-order valence-corrected chi connectivity index (χ2v) is 5.40. The average molecular weight is 279 g/mol. The number of nitrogens with two attached hydrogens (primary N) is 1. The van der Waals surface area contributed by atoms with Crippen molar-refractivity contribution in [2.75, 3.05) is 25.0 Å². The fraction of sp³-hybridized carbons (Fsp3) is 0.562. The minimum Gasteiger partial charge on any atom is -0.379 e. The topological polar surface area (TPSA) is 54.9 Å². The van der Waals surface area contributed by atoms with Gasteiger partial charge in [0, 0.05) is 12.1 Å². The molecule has 0 aliphatic carbocycles. The van der Waals surface area contributed by atoms with E-state index in [1.54, 1.807) is 0 Å². The molecule has 0 aliphatic rings. The van der Waals surface area contributed by atoms with E-state index in [0.717, 1.165) is 25.3 Å². The van der Waals surface area contributed by atoms with Gasteiger partial charge in [0.1, 0.15) is 0 Å². The summed E-state index contributed by atoms with van der Waals surface area (Å²) in [6.45, 7) is 10.3. The van der Waals surface area contributed by atoms with Gasteiger partial charge in [-0.2, -0.15) is 0 Å².